The zero-order valence-electron chi connectivity index (χ0n) is 20.8. The first-order chi connectivity index (χ1) is 17.1. The van der Waals surface area contributed by atoms with E-state index in [1.165, 1.54) is 82.3 Å². The van der Waals surface area contributed by atoms with Gasteiger partial charge in [-0.05, 0) is 80.0 Å². The van der Waals surface area contributed by atoms with Crippen molar-refractivity contribution in [2.75, 3.05) is 25.4 Å². The molecule has 0 spiro atoms. The molecule has 0 bridgehead atoms. The van der Waals surface area contributed by atoms with Crippen LogP contribution in [0, 0.1) is 11.8 Å². The van der Waals surface area contributed by atoms with Crippen molar-refractivity contribution in [1.29, 1.82) is 0 Å². The van der Waals surface area contributed by atoms with Crippen LogP contribution in [0.5, 0.6) is 0 Å². The first kappa shape index (κ1) is 24.8. The summed E-state index contributed by atoms with van der Waals surface area (Å²) in [6.45, 7) is 4.47. The molecule has 3 amide bonds. The van der Waals surface area contributed by atoms with Gasteiger partial charge in [0.05, 0.1) is 0 Å². The highest BCUT2D eigenvalue weighted by Gasteiger charge is 2.39. The summed E-state index contributed by atoms with van der Waals surface area (Å²) in [7, 11) is 0. The number of imide groups is 1. The molecular weight excluding hydrogens is 458 g/mol. The van der Waals surface area contributed by atoms with Gasteiger partial charge in [-0.1, -0.05) is 32.1 Å². The third-order valence-electron chi connectivity index (χ3n) is 8.43. The summed E-state index contributed by atoms with van der Waals surface area (Å²) in [5, 5.41) is 2.36. The molecule has 1 aromatic rings. The van der Waals surface area contributed by atoms with Crippen molar-refractivity contribution in [3.05, 3.63) is 29.3 Å². The molecular formula is C28H39N3O3S. The Hall–Kier alpha value is -1.86. The molecule has 190 valence electrons. The van der Waals surface area contributed by atoms with Crippen molar-refractivity contribution in [2.45, 2.75) is 88.1 Å². The standard InChI is InChI=1S/C28H39N3O3S/c32-26-13-12-25(27(33)29-26)31-19-22-16-23(10-11-24(22)28(31)34)35-15-7-3-1-2-6-14-30-17-20-8-4-5-9-21(20)18-30/h10-11,16,20-21,25H,1-9,12-15,17-19H2,(H,29,32,33)/t20-,21+,25?. The number of carbonyl (C=O) groups excluding carboxylic acids is 3. The number of thioether (sulfide) groups is 1. The number of nitrogens with zero attached hydrogens (tertiary/aromatic N) is 2. The number of rotatable bonds is 10. The molecule has 4 aliphatic rings. The molecule has 3 heterocycles. The number of hydrogen-bond acceptors (Lipinski definition) is 5. The van der Waals surface area contributed by atoms with Crippen LogP contribution in [0.25, 0.3) is 0 Å². The fourth-order valence-electron chi connectivity index (χ4n) is 6.48. The summed E-state index contributed by atoms with van der Waals surface area (Å²) in [6, 6.07) is 5.50. The molecule has 1 unspecified atom stereocenters. The van der Waals surface area contributed by atoms with Gasteiger partial charge in [0.25, 0.3) is 5.91 Å². The van der Waals surface area contributed by atoms with E-state index in [0.717, 1.165) is 23.2 Å². The van der Waals surface area contributed by atoms with Crippen LogP contribution in [0.4, 0.5) is 0 Å². The van der Waals surface area contributed by atoms with Gasteiger partial charge in [-0.15, -0.1) is 11.8 Å². The lowest BCUT2D eigenvalue weighted by Gasteiger charge is -2.29. The lowest BCUT2D eigenvalue weighted by Crippen LogP contribution is -2.52. The van der Waals surface area contributed by atoms with E-state index < -0.39 is 6.04 Å². The van der Waals surface area contributed by atoms with Gasteiger partial charge in [0.15, 0.2) is 0 Å². The van der Waals surface area contributed by atoms with Crippen molar-refractivity contribution in [1.82, 2.24) is 15.1 Å². The predicted octanol–water partition coefficient (Wildman–Crippen LogP) is 4.61. The molecule has 35 heavy (non-hydrogen) atoms. The Balaban J connectivity index is 0.976. The first-order valence-corrected chi connectivity index (χ1v) is 14.7. The van der Waals surface area contributed by atoms with E-state index in [1.807, 2.05) is 23.9 Å². The largest absolute Gasteiger partial charge is 0.322 e. The van der Waals surface area contributed by atoms with Crippen LogP contribution in [0.2, 0.25) is 0 Å². The lowest BCUT2D eigenvalue weighted by molar-refractivity contribution is -0.136. The molecule has 7 heteroatoms. The van der Waals surface area contributed by atoms with Crippen molar-refractivity contribution >= 4 is 29.5 Å². The Bertz CT molecular complexity index is 937. The van der Waals surface area contributed by atoms with E-state index in [4.69, 9.17) is 0 Å². The number of benzene rings is 1. The molecule has 6 nitrogen and oxygen atoms in total. The van der Waals surface area contributed by atoms with Crippen LogP contribution in [-0.2, 0) is 16.1 Å². The SMILES string of the molecule is O=C1CCC(N2Cc3cc(SCCCCCCCN4C[C@H]5CCCC[C@H]5C4)ccc3C2=O)C(=O)N1. The zero-order chi connectivity index (χ0) is 24.2. The van der Waals surface area contributed by atoms with Gasteiger partial charge in [-0.25, -0.2) is 0 Å². The number of unbranched alkanes of at least 4 members (excludes halogenated alkanes) is 4. The van der Waals surface area contributed by atoms with E-state index in [2.05, 4.69) is 16.3 Å². The Morgan fingerprint density at radius 1 is 0.914 bits per heavy atom. The molecule has 0 radical (unpaired) electrons. The molecule has 3 atom stereocenters. The monoisotopic (exact) mass is 497 g/mol. The average Bonchev–Trinajstić information content (AvgIpc) is 3.41. The zero-order valence-corrected chi connectivity index (χ0v) is 21.6. The summed E-state index contributed by atoms with van der Waals surface area (Å²) in [5.41, 5.74) is 1.68. The summed E-state index contributed by atoms with van der Waals surface area (Å²) < 4.78 is 0. The van der Waals surface area contributed by atoms with Crippen LogP contribution >= 0.6 is 11.8 Å². The van der Waals surface area contributed by atoms with Crippen molar-refractivity contribution in [2.24, 2.45) is 11.8 Å². The van der Waals surface area contributed by atoms with Gasteiger partial charge in [-0.2, -0.15) is 0 Å². The number of amides is 3. The van der Waals surface area contributed by atoms with E-state index in [0.29, 0.717) is 18.5 Å². The second-order valence-electron chi connectivity index (χ2n) is 10.9. The first-order valence-electron chi connectivity index (χ1n) is 13.7. The minimum absolute atomic E-state index is 0.0984. The molecule has 3 fully saturated rings. The van der Waals surface area contributed by atoms with Gasteiger partial charge >= 0.3 is 0 Å². The highest BCUT2D eigenvalue weighted by molar-refractivity contribution is 7.99. The quantitative estimate of drug-likeness (QED) is 0.290. The van der Waals surface area contributed by atoms with Gasteiger partial charge in [0, 0.05) is 36.5 Å². The molecule has 3 aliphatic heterocycles. The highest BCUT2D eigenvalue weighted by atomic mass is 32.2. The topological polar surface area (TPSA) is 69.7 Å². The summed E-state index contributed by atoms with van der Waals surface area (Å²) in [6.07, 6.45) is 13.1. The maximum Gasteiger partial charge on any atom is 0.255 e. The molecule has 5 rings (SSSR count). The maximum atomic E-state index is 12.8. The third-order valence-corrected chi connectivity index (χ3v) is 9.51. The number of nitrogens with one attached hydrogen (secondary N) is 1. The molecule has 2 saturated heterocycles. The van der Waals surface area contributed by atoms with Gasteiger partial charge in [-0.3, -0.25) is 19.7 Å². The minimum atomic E-state index is -0.543. The van der Waals surface area contributed by atoms with Crippen molar-refractivity contribution in [3.8, 4) is 0 Å². The van der Waals surface area contributed by atoms with Gasteiger partial charge in [0.1, 0.15) is 6.04 Å². The Morgan fingerprint density at radius 2 is 1.66 bits per heavy atom. The normalized spacial score (nSPS) is 26.7. The van der Waals surface area contributed by atoms with E-state index in [-0.39, 0.29) is 24.1 Å². The molecule has 1 aromatic carbocycles. The van der Waals surface area contributed by atoms with E-state index in [9.17, 15) is 14.4 Å². The fraction of sp³-hybridized carbons (Fsp3) is 0.679. The minimum Gasteiger partial charge on any atom is -0.322 e. The number of carbonyl (C=O) groups is 3. The summed E-state index contributed by atoms with van der Waals surface area (Å²) >= 11 is 1.86. The van der Waals surface area contributed by atoms with Crippen LogP contribution in [0.3, 0.4) is 0 Å². The van der Waals surface area contributed by atoms with Crippen LogP contribution in [-0.4, -0.2) is 59.0 Å². The lowest BCUT2D eigenvalue weighted by atomic mass is 9.82. The van der Waals surface area contributed by atoms with Gasteiger partial charge < -0.3 is 9.80 Å². The predicted molar refractivity (Wildman–Crippen MR) is 138 cm³/mol. The maximum absolute atomic E-state index is 12.8. The number of likely N-dealkylation sites (tertiary alicyclic amines) is 1. The summed E-state index contributed by atoms with van der Waals surface area (Å²) in [4.78, 5) is 42.0. The van der Waals surface area contributed by atoms with E-state index >= 15 is 0 Å². The molecule has 1 N–H and O–H groups in total. The Morgan fingerprint density at radius 3 is 2.43 bits per heavy atom. The highest BCUT2D eigenvalue weighted by Crippen LogP contribution is 2.36. The Labute approximate surface area is 213 Å². The Kier molecular flexibility index (Phi) is 8.13. The van der Waals surface area contributed by atoms with E-state index in [1.54, 1.807) is 4.90 Å². The summed E-state index contributed by atoms with van der Waals surface area (Å²) in [5.74, 6) is 2.39. The second kappa shape index (κ2) is 11.5. The molecule has 1 saturated carbocycles. The third kappa shape index (κ3) is 5.93. The fourth-order valence-corrected chi connectivity index (χ4v) is 7.46. The van der Waals surface area contributed by atoms with Crippen molar-refractivity contribution in [3.63, 3.8) is 0 Å². The van der Waals surface area contributed by atoms with Gasteiger partial charge in [0.2, 0.25) is 11.8 Å². The van der Waals surface area contributed by atoms with Crippen molar-refractivity contribution < 1.29 is 14.4 Å². The van der Waals surface area contributed by atoms with Crippen LogP contribution in [0.15, 0.2) is 23.1 Å². The number of fused-ring (bicyclic) bond motifs is 2. The second-order valence-corrected chi connectivity index (χ2v) is 12.1. The van der Waals surface area contributed by atoms with Crippen LogP contribution < -0.4 is 5.32 Å². The number of hydrogen-bond donors (Lipinski definition) is 1. The number of piperidine rings is 1. The molecule has 0 aromatic heterocycles. The smallest absolute Gasteiger partial charge is 0.255 e. The molecule has 1 aliphatic carbocycles. The average molecular weight is 498 g/mol. The van der Waals surface area contributed by atoms with Crippen LogP contribution in [0.1, 0.15) is 86.6 Å².